The lowest BCUT2D eigenvalue weighted by molar-refractivity contribution is -0.122. The Bertz CT molecular complexity index is 915. The van der Waals surface area contributed by atoms with Crippen LogP contribution in [0.1, 0.15) is 62.5 Å². The third-order valence-corrected chi connectivity index (χ3v) is 6.23. The molecule has 2 aromatic rings. The summed E-state index contributed by atoms with van der Waals surface area (Å²) in [5.74, 6) is 0.534. The highest BCUT2D eigenvalue weighted by Crippen LogP contribution is 2.47. The minimum absolute atomic E-state index is 0.00123. The summed E-state index contributed by atoms with van der Waals surface area (Å²) < 4.78 is 0. The molecule has 5 nitrogen and oxygen atoms in total. The van der Waals surface area contributed by atoms with Crippen LogP contribution < -0.4 is 10.7 Å². The van der Waals surface area contributed by atoms with Gasteiger partial charge in [-0.1, -0.05) is 61.7 Å². The number of benzene rings is 2. The van der Waals surface area contributed by atoms with Crippen LogP contribution in [0.4, 0.5) is 5.69 Å². The molecule has 0 heterocycles. The maximum absolute atomic E-state index is 12.4. The Balaban J connectivity index is 1.29. The fourth-order valence-electron chi connectivity index (χ4n) is 4.24. The SMILES string of the molecule is C/C(=N/NC(=O)[C@H]1C[C@H]1c1ccccc1)c1ccc(NC(=O)C2CCCCC2)cc1. The molecule has 0 spiro atoms. The van der Waals surface area contributed by atoms with E-state index < -0.39 is 0 Å². The molecule has 2 aliphatic carbocycles. The van der Waals surface area contributed by atoms with Gasteiger partial charge in [0.25, 0.3) is 0 Å². The molecule has 2 aliphatic rings. The second kappa shape index (κ2) is 9.24. The summed E-state index contributed by atoms with van der Waals surface area (Å²) in [5, 5.41) is 7.30. The molecule has 2 fully saturated rings. The lowest BCUT2D eigenvalue weighted by Gasteiger charge is -2.20. The van der Waals surface area contributed by atoms with Crippen molar-refractivity contribution >= 4 is 23.2 Å². The van der Waals surface area contributed by atoms with Gasteiger partial charge in [-0.3, -0.25) is 9.59 Å². The van der Waals surface area contributed by atoms with Gasteiger partial charge in [-0.25, -0.2) is 5.43 Å². The van der Waals surface area contributed by atoms with Crippen molar-refractivity contribution < 1.29 is 9.59 Å². The molecule has 4 rings (SSSR count). The van der Waals surface area contributed by atoms with E-state index in [1.165, 1.54) is 12.0 Å². The molecule has 2 N–H and O–H groups in total. The number of amides is 2. The Labute approximate surface area is 178 Å². The van der Waals surface area contributed by atoms with Crippen molar-refractivity contribution in [1.29, 1.82) is 0 Å². The quantitative estimate of drug-likeness (QED) is 0.535. The molecule has 0 saturated heterocycles. The molecule has 0 aromatic heterocycles. The van der Waals surface area contributed by atoms with Crippen LogP contribution in [0.2, 0.25) is 0 Å². The second-order valence-electron chi connectivity index (χ2n) is 8.43. The van der Waals surface area contributed by atoms with E-state index in [1.54, 1.807) is 0 Å². The molecule has 0 radical (unpaired) electrons. The van der Waals surface area contributed by atoms with Crippen LogP contribution in [0.15, 0.2) is 59.7 Å². The van der Waals surface area contributed by atoms with E-state index in [0.717, 1.165) is 49.1 Å². The first-order chi connectivity index (χ1) is 14.6. The fraction of sp³-hybridized carbons (Fsp3) is 0.400. The maximum Gasteiger partial charge on any atom is 0.243 e. The number of hydrogen-bond acceptors (Lipinski definition) is 3. The summed E-state index contributed by atoms with van der Waals surface area (Å²) in [6.45, 7) is 1.87. The van der Waals surface area contributed by atoms with Crippen LogP contribution >= 0.6 is 0 Å². The Morgan fingerprint density at radius 3 is 2.30 bits per heavy atom. The number of nitrogens with one attached hydrogen (secondary N) is 2. The Morgan fingerprint density at radius 2 is 1.60 bits per heavy atom. The molecule has 0 aliphatic heterocycles. The standard InChI is InChI=1S/C25H29N3O2/c1-17(27-28-25(30)23-16-22(23)19-8-4-2-5-9-19)18-12-14-21(15-13-18)26-24(29)20-10-6-3-7-11-20/h2,4-5,8-9,12-15,20,22-23H,3,6-7,10-11,16H2,1H3,(H,26,29)(H,28,30)/b27-17-/t22-,23-/m0/s1. The summed E-state index contributed by atoms with van der Waals surface area (Å²) in [6, 6.07) is 17.8. The lowest BCUT2D eigenvalue weighted by Crippen LogP contribution is -2.24. The van der Waals surface area contributed by atoms with Crippen LogP contribution in [0.5, 0.6) is 0 Å². The fourth-order valence-corrected chi connectivity index (χ4v) is 4.24. The summed E-state index contributed by atoms with van der Waals surface area (Å²) in [4.78, 5) is 24.8. The maximum atomic E-state index is 12.4. The second-order valence-corrected chi connectivity index (χ2v) is 8.43. The molecule has 2 aromatic carbocycles. The third-order valence-electron chi connectivity index (χ3n) is 6.23. The monoisotopic (exact) mass is 403 g/mol. The van der Waals surface area contributed by atoms with Gasteiger partial charge in [0.1, 0.15) is 0 Å². The minimum atomic E-state index is -0.0282. The zero-order chi connectivity index (χ0) is 20.9. The summed E-state index contributed by atoms with van der Waals surface area (Å²) >= 11 is 0. The first-order valence-corrected chi connectivity index (χ1v) is 10.9. The van der Waals surface area contributed by atoms with Crippen molar-refractivity contribution in [3.05, 3.63) is 65.7 Å². The zero-order valence-electron chi connectivity index (χ0n) is 17.4. The molecular weight excluding hydrogens is 374 g/mol. The van der Waals surface area contributed by atoms with E-state index >= 15 is 0 Å². The molecule has 0 unspecified atom stereocenters. The van der Waals surface area contributed by atoms with Gasteiger partial charge in [-0.15, -0.1) is 0 Å². The summed E-state index contributed by atoms with van der Waals surface area (Å²) in [7, 11) is 0. The van der Waals surface area contributed by atoms with E-state index in [0.29, 0.717) is 5.92 Å². The van der Waals surface area contributed by atoms with Gasteiger partial charge in [0.05, 0.1) is 5.71 Å². The Kier molecular flexibility index (Phi) is 6.26. The average Bonchev–Trinajstić information content (AvgIpc) is 3.60. The van der Waals surface area contributed by atoms with Crippen molar-refractivity contribution in [3.8, 4) is 0 Å². The first kappa shape index (κ1) is 20.3. The van der Waals surface area contributed by atoms with E-state index in [2.05, 4.69) is 28.0 Å². The number of anilines is 1. The van der Waals surface area contributed by atoms with Crippen molar-refractivity contribution in [1.82, 2.24) is 5.43 Å². The predicted octanol–water partition coefficient (Wildman–Crippen LogP) is 4.85. The van der Waals surface area contributed by atoms with Crippen molar-refractivity contribution in [3.63, 3.8) is 0 Å². The third kappa shape index (κ3) is 4.96. The van der Waals surface area contributed by atoms with Crippen LogP contribution in [0.25, 0.3) is 0 Å². The first-order valence-electron chi connectivity index (χ1n) is 10.9. The highest BCUT2D eigenvalue weighted by atomic mass is 16.2. The van der Waals surface area contributed by atoms with E-state index in [-0.39, 0.29) is 23.7 Å². The number of carbonyl (C=O) groups excluding carboxylic acids is 2. The lowest BCUT2D eigenvalue weighted by atomic mass is 9.88. The van der Waals surface area contributed by atoms with Crippen LogP contribution in [0, 0.1) is 11.8 Å². The number of rotatable bonds is 6. The minimum Gasteiger partial charge on any atom is -0.326 e. The van der Waals surface area contributed by atoms with Gasteiger partial charge in [0.15, 0.2) is 0 Å². The number of hydrogen-bond donors (Lipinski definition) is 2. The van der Waals surface area contributed by atoms with Gasteiger partial charge in [0, 0.05) is 17.5 Å². The molecule has 2 saturated carbocycles. The van der Waals surface area contributed by atoms with E-state index in [4.69, 9.17) is 0 Å². The number of hydrazone groups is 1. The van der Waals surface area contributed by atoms with Crippen LogP contribution in [-0.4, -0.2) is 17.5 Å². The molecule has 2 amide bonds. The van der Waals surface area contributed by atoms with Gasteiger partial charge in [-0.2, -0.15) is 5.10 Å². The molecule has 0 bridgehead atoms. The molecule has 5 heteroatoms. The van der Waals surface area contributed by atoms with Gasteiger partial charge < -0.3 is 5.32 Å². The van der Waals surface area contributed by atoms with Crippen LogP contribution in [-0.2, 0) is 9.59 Å². The Morgan fingerprint density at radius 1 is 0.900 bits per heavy atom. The molecule has 30 heavy (non-hydrogen) atoms. The molecule has 156 valence electrons. The van der Waals surface area contributed by atoms with Crippen LogP contribution in [0.3, 0.4) is 0 Å². The van der Waals surface area contributed by atoms with Crippen molar-refractivity contribution in [2.45, 2.75) is 51.4 Å². The highest BCUT2D eigenvalue weighted by Gasteiger charge is 2.43. The predicted molar refractivity (Wildman–Crippen MR) is 119 cm³/mol. The van der Waals surface area contributed by atoms with Crippen molar-refractivity contribution in [2.24, 2.45) is 16.9 Å². The van der Waals surface area contributed by atoms with Crippen molar-refractivity contribution in [2.75, 3.05) is 5.32 Å². The normalized spacial score (nSPS) is 21.7. The summed E-state index contributed by atoms with van der Waals surface area (Å²) in [5.41, 5.74) is 6.38. The highest BCUT2D eigenvalue weighted by molar-refractivity contribution is 6.00. The van der Waals surface area contributed by atoms with Gasteiger partial charge >= 0.3 is 0 Å². The zero-order valence-corrected chi connectivity index (χ0v) is 17.4. The molecular formula is C25H29N3O2. The van der Waals surface area contributed by atoms with E-state index in [9.17, 15) is 9.59 Å². The number of carbonyl (C=O) groups is 2. The molecule has 2 atom stereocenters. The largest absolute Gasteiger partial charge is 0.326 e. The van der Waals surface area contributed by atoms with E-state index in [1.807, 2.05) is 49.4 Å². The topological polar surface area (TPSA) is 70.6 Å². The average molecular weight is 404 g/mol. The summed E-state index contributed by atoms with van der Waals surface area (Å²) in [6.07, 6.45) is 6.38. The van der Waals surface area contributed by atoms with Gasteiger partial charge in [0.2, 0.25) is 11.8 Å². The Hall–Kier alpha value is -2.95. The smallest absolute Gasteiger partial charge is 0.243 e. The number of nitrogens with zero attached hydrogens (tertiary/aromatic N) is 1. The van der Waals surface area contributed by atoms with Gasteiger partial charge in [-0.05, 0) is 55.4 Å².